The van der Waals surface area contributed by atoms with E-state index in [0.717, 1.165) is 107 Å². The fraction of sp³-hybridized carbons (Fsp3) is 0.122. The number of hydrogen-bond donors (Lipinski definition) is 0. The van der Waals surface area contributed by atoms with Gasteiger partial charge in [-0.2, -0.15) is 0 Å². The van der Waals surface area contributed by atoms with Crippen molar-refractivity contribution in [3.8, 4) is 0 Å². The third-order valence-corrected chi connectivity index (χ3v) is 19.1. The predicted molar refractivity (Wildman–Crippen MR) is 359 cm³/mol. The molecule has 0 spiro atoms. The zero-order chi connectivity index (χ0) is 57.4. The Labute approximate surface area is 507 Å². The van der Waals surface area contributed by atoms with Gasteiger partial charge >= 0.3 is 0 Å². The molecule has 0 saturated heterocycles. The van der Waals surface area contributed by atoms with E-state index < -0.39 is 0 Å². The highest BCUT2D eigenvalue weighted by molar-refractivity contribution is 5.80. The maximum absolute atomic E-state index is 2.51. The Morgan fingerprint density at radius 3 is 0.384 bits per heavy atom. The second kappa shape index (κ2) is 22.1. The van der Waals surface area contributed by atoms with Crippen molar-refractivity contribution in [2.45, 2.75) is 60.2 Å². The lowest BCUT2D eigenvalue weighted by Crippen LogP contribution is -2.67. The quantitative estimate of drug-likeness (QED) is 0.0956. The average Bonchev–Trinajstić information content (AvgIpc) is 0.789. The molecule has 12 aromatic rings. The highest BCUT2D eigenvalue weighted by Gasteiger charge is 2.69. The number of rotatable bonds is 16. The van der Waals surface area contributed by atoms with Gasteiger partial charge in [0.05, 0.1) is 0 Å². The number of nitrogens with zero attached hydrogens (tertiary/aromatic N) is 4. The van der Waals surface area contributed by atoms with Gasteiger partial charge in [0.1, 0.15) is 0 Å². The molecule has 0 amide bonds. The first-order chi connectivity index (χ1) is 42.5. The van der Waals surface area contributed by atoms with E-state index in [2.05, 4.69) is 359 Å². The van der Waals surface area contributed by atoms with Crippen LogP contribution in [0.4, 0.5) is 68.2 Å². The predicted octanol–water partition coefficient (Wildman–Crippen LogP) is 22.0. The largest absolute Gasteiger partial charge is 0.311 e. The maximum Gasteiger partial charge on any atom is 0.0461 e. The minimum Gasteiger partial charge on any atom is -0.311 e. The van der Waals surface area contributed by atoms with E-state index in [0.29, 0.717) is 0 Å². The molecule has 16 rings (SSSR count). The Morgan fingerprint density at radius 1 is 0.140 bits per heavy atom. The Bertz CT molecular complexity index is 3440. The normalized spacial score (nSPS) is 20.0. The Balaban J connectivity index is 0.913. The third-order valence-electron chi connectivity index (χ3n) is 19.1. The van der Waals surface area contributed by atoms with Gasteiger partial charge in [0.15, 0.2) is 0 Å². The summed E-state index contributed by atoms with van der Waals surface area (Å²) in [5, 5.41) is 0. The van der Waals surface area contributed by atoms with Crippen molar-refractivity contribution in [3.05, 3.63) is 362 Å². The Morgan fingerprint density at radius 2 is 0.256 bits per heavy atom. The van der Waals surface area contributed by atoms with Gasteiger partial charge in [0.2, 0.25) is 0 Å². The molecule has 4 aliphatic carbocycles. The second-order valence-corrected chi connectivity index (χ2v) is 24.4. The first-order valence-corrected chi connectivity index (χ1v) is 30.5. The van der Waals surface area contributed by atoms with Crippen molar-refractivity contribution < 1.29 is 0 Å². The van der Waals surface area contributed by atoms with Gasteiger partial charge < -0.3 is 19.6 Å². The number of benzene rings is 12. The maximum atomic E-state index is 2.51. The van der Waals surface area contributed by atoms with Crippen molar-refractivity contribution >= 4 is 68.2 Å². The lowest BCUT2D eigenvalue weighted by atomic mass is 9.32. The molecule has 0 atom stereocenters. The van der Waals surface area contributed by atoms with Crippen LogP contribution in [0.3, 0.4) is 0 Å². The lowest BCUT2D eigenvalue weighted by Gasteiger charge is -2.71. The molecule has 0 aliphatic heterocycles. The Hall–Kier alpha value is -10.2. The standard InChI is InChI=1S/C82H68N4/c1-9-25-67(26-10-1)83(68-27-11-2-12-28-68)75-49-41-63(42-50-75)79-57-80(64-43-51-76(52-44-64)84(69-29-13-3-14-30-69)70-31-15-4-16-32-70)60-81(58-79,65-45-53-77(54-46-65)85(71-33-17-5-18-34-71)72-35-19-6-20-36-72)62-82(59-79,61-80)66-47-55-78(56-48-66)86(73-37-21-7-22-38-73)74-39-23-8-24-40-74/h1-56H,57-62H2. The highest BCUT2D eigenvalue weighted by atomic mass is 15.2. The van der Waals surface area contributed by atoms with E-state index in [1.807, 2.05) is 0 Å². The molecule has 0 unspecified atom stereocenters. The minimum absolute atomic E-state index is 0.173. The van der Waals surface area contributed by atoms with Gasteiger partial charge in [0, 0.05) is 68.2 Å². The third kappa shape index (κ3) is 9.62. The summed E-state index contributed by atoms with van der Waals surface area (Å²) in [6.07, 6.45) is 6.37. The molecule has 4 nitrogen and oxygen atoms in total. The van der Waals surface area contributed by atoms with Crippen LogP contribution >= 0.6 is 0 Å². The number of para-hydroxylation sites is 8. The molecule has 4 bridgehead atoms. The molecule has 12 aromatic carbocycles. The summed E-state index contributed by atoms with van der Waals surface area (Å²) in [6.45, 7) is 0. The van der Waals surface area contributed by atoms with Gasteiger partial charge in [-0.25, -0.2) is 0 Å². The number of hydrogen-bond acceptors (Lipinski definition) is 4. The molecule has 4 aliphatic rings. The van der Waals surface area contributed by atoms with E-state index in [-0.39, 0.29) is 21.7 Å². The van der Waals surface area contributed by atoms with Crippen LogP contribution in [-0.2, 0) is 21.7 Å². The van der Waals surface area contributed by atoms with Gasteiger partial charge in [0.25, 0.3) is 0 Å². The van der Waals surface area contributed by atoms with Gasteiger partial charge in [-0.05, 0) is 228 Å². The topological polar surface area (TPSA) is 13.0 Å². The van der Waals surface area contributed by atoms with Crippen LogP contribution in [0.1, 0.15) is 60.8 Å². The minimum atomic E-state index is -0.173. The zero-order valence-corrected chi connectivity index (χ0v) is 48.4. The summed E-state index contributed by atoms with van der Waals surface area (Å²) in [5.74, 6) is 0. The van der Waals surface area contributed by atoms with E-state index >= 15 is 0 Å². The zero-order valence-electron chi connectivity index (χ0n) is 48.4. The molecule has 0 aromatic heterocycles. The molecule has 0 heterocycles. The van der Waals surface area contributed by atoms with Crippen LogP contribution < -0.4 is 19.6 Å². The smallest absolute Gasteiger partial charge is 0.0461 e. The van der Waals surface area contributed by atoms with Crippen LogP contribution in [0.2, 0.25) is 0 Å². The first kappa shape index (κ1) is 52.6. The summed E-state index contributed by atoms with van der Waals surface area (Å²) >= 11 is 0. The summed E-state index contributed by atoms with van der Waals surface area (Å²) < 4.78 is 0. The van der Waals surface area contributed by atoms with E-state index in [4.69, 9.17) is 0 Å². The second-order valence-electron chi connectivity index (χ2n) is 24.4. The van der Waals surface area contributed by atoms with Crippen molar-refractivity contribution in [2.75, 3.05) is 19.6 Å². The van der Waals surface area contributed by atoms with Crippen LogP contribution in [-0.4, -0.2) is 0 Å². The molecule has 0 radical (unpaired) electrons. The summed E-state index contributed by atoms with van der Waals surface area (Å²) in [5.41, 5.74) is 18.8. The Kier molecular flexibility index (Phi) is 13.5. The fourth-order valence-electron chi connectivity index (χ4n) is 16.1. The molecule has 4 fully saturated rings. The van der Waals surface area contributed by atoms with E-state index in [1.165, 1.54) is 22.3 Å². The monoisotopic (exact) mass is 1110 g/mol. The van der Waals surface area contributed by atoms with Crippen LogP contribution in [0.25, 0.3) is 0 Å². The van der Waals surface area contributed by atoms with Crippen molar-refractivity contribution in [1.82, 2.24) is 0 Å². The van der Waals surface area contributed by atoms with E-state index in [1.54, 1.807) is 0 Å². The van der Waals surface area contributed by atoms with Gasteiger partial charge in [-0.3, -0.25) is 0 Å². The van der Waals surface area contributed by atoms with Gasteiger partial charge in [-0.1, -0.05) is 194 Å². The van der Waals surface area contributed by atoms with E-state index in [9.17, 15) is 0 Å². The molecular weight excluding hydrogens is 1040 g/mol. The molecular formula is C82H68N4. The van der Waals surface area contributed by atoms with Crippen LogP contribution in [0.15, 0.2) is 340 Å². The van der Waals surface area contributed by atoms with Crippen molar-refractivity contribution in [1.29, 1.82) is 0 Å². The highest BCUT2D eigenvalue weighted by Crippen LogP contribution is 2.75. The summed E-state index contributed by atoms with van der Waals surface area (Å²) in [7, 11) is 0. The van der Waals surface area contributed by atoms with Crippen molar-refractivity contribution in [2.24, 2.45) is 0 Å². The van der Waals surface area contributed by atoms with Crippen molar-refractivity contribution in [3.63, 3.8) is 0 Å². The average molecular weight is 1110 g/mol. The summed E-state index contributed by atoms with van der Waals surface area (Å²) in [6, 6.07) is 126. The molecule has 0 N–H and O–H groups in total. The van der Waals surface area contributed by atoms with Crippen LogP contribution in [0.5, 0.6) is 0 Å². The lowest BCUT2D eigenvalue weighted by molar-refractivity contribution is -0.0691. The SMILES string of the molecule is c1ccc(N(c2ccccc2)c2ccc(C34CC5(c6ccc(N(c7ccccc7)c7ccccc7)cc6)CC(c6ccc(N(c7ccccc7)c7ccccc7)cc6)(C3)CC(c3ccc(N(c6ccccc6)c6ccccc6)cc3)(C4)C5)cc2)cc1. The summed E-state index contributed by atoms with van der Waals surface area (Å²) in [4.78, 5) is 9.59. The molecule has 4 saturated carbocycles. The first-order valence-electron chi connectivity index (χ1n) is 30.5. The molecule has 86 heavy (non-hydrogen) atoms. The molecule has 416 valence electrons. The number of anilines is 12. The fourth-order valence-corrected chi connectivity index (χ4v) is 16.1. The molecule has 4 heteroatoms. The van der Waals surface area contributed by atoms with Gasteiger partial charge in [-0.15, -0.1) is 0 Å². The van der Waals surface area contributed by atoms with Crippen LogP contribution in [0, 0.1) is 0 Å².